The molecule has 0 amide bonds. The van der Waals surface area contributed by atoms with Crippen molar-refractivity contribution in [2.45, 2.75) is 44.2 Å². The van der Waals surface area contributed by atoms with E-state index in [-0.39, 0.29) is 17.9 Å². The van der Waals surface area contributed by atoms with Crippen LogP contribution in [0.3, 0.4) is 0 Å². The molecule has 2 heterocycles. The van der Waals surface area contributed by atoms with Crippen molar-refractivity contribution >= 4 is 10.0 Å². The second kappa shape index (κ2) is 6.13. The van der Waals surface area contributed by atoms with E-state index in [1.807, 2.05) is 0 Å². The SMILES string of the molecule is O=S(=O)(CC1CCCCO1)N[C@H]1CCCNC1. The molecule has 2 saturated heterocycles. The Bertz CT molecular complexity index is 294. The molecule has 0 aliphatic carbocycles. The molecule has 2 rings (SSSR count). The minimum atomic E-state index is -3.20. The lowest BCUT2D eigenvalue weighted by molar-refractivity contribution is 0.0303. The molecule has 2 N–H and O–H groups in total. The lowest BCUT2D eigenvalue weighted by Crippen LogP contribution is -2.47. The molecule has 2 atom stereocenters. The summed E-state index contributed by atoms with van der Waals surface area (Å²) in [6.07, 6.45) is 4.84. The van der Waals surface area contributed by atoms with Crippen molar-refractivity contribution in [1.29, 1.82) is 0 Å². The van der Waals surface area contributed by atoms with E-state index in [9.17, 15) is 8.42 Å². The van der Waals surface area contributed by atoms with E-state index in [1.165, 1.54) is 0 Å². The standard InChI is InChI=1S/C11H22N2O3S/c14-17(15,9-11-5-1-2-7-16-11)13-10-4-3-6-12-8-10/h10-13H,1-9H2/t10-,11?/m0/s1. The maximum absolute atomic E-state index is 11.9. The highest BCUT2D eigenvalue weighted by Crippen LogP contribution is 2.14. The molecule has 1 unspecified atom stereocenters. The highest BCUT2D eigenvalue weighted by Gasteiger charge is 2.25. The van der Waals surface area contributed by atoms with Crippen molar-refractivity contribution in [2.75, 3.05) is 25.4 Å². The fourth-order valence-electron chi connectivity index (χ4n) is 2.44. The smallest absolute Gasteiger partial charge is 0.214 e. The van der Waals surface area contributed by atoms with Crippen LogP contribution in [0, 0.1) is 0 Å². The lowest BCUT2D eigenvalue weighted by Gasteiger charge is -2.26. The topological polar surface area (TPSA) is 67.4 Å². The molecular weight excluding hydrogens is 240 g/mol. The van der Waals surface area contributed by atoms with Crippen LogP contribution in [0.5, 0.6) is 0 Å². The Hall–Kier alpha value is -0.170. The summed E-state index contributed by atoms with van der Waals surface area (Å²) in [4.78, 5) is 0. The fourth-order valence-corrected chi connectivity index (χ4v) is 4.00. The molecule has 2 aliphatic heterocycles. The van der Waals surface area contributed by atoms with Gasteiger partial charge < -0.3 is 10.1 Å². The molecular formula is C11H22N2O3S. The third-order valence-corrected chi connectivity index (χ3v) is 4.83. The first-order valence-electron chi connectivity index (χ1n) is 6.48. The number of sulfonamides is 1. The van der Waals surface area contributed by atoms with Crippen molar-refractivity contribution in [3.63, 3.8) is 0 Å². The predicted molar refractivity (Wildman–Crippen MR) is 66.4 cm³/mol. The summed E-state index contributed by atoms with van der Waals surface area (Å²) in [5, 5.41) is 3.20. The van der Waals surface area contributed by atoms with Gasteiger partial charge in [0.25, 0.3) is 0 Å². The fraction of sp³-hybridized carbons (Fsp3) is 1.00. The van der Waals surface area contributed by atoms with Crippen molar-refractivity contribution in [2.24, 2.45) is 0 Å². The first-order valence-corrected chi connectivity index (χ1v) is 8.13. The van der Waals surface area contributed by atoms with Gasteiger partial charge in [0.2, 0.25) is 10.0 Å². The van der Waals surface area contributed by atoms with Gasteiger partial charge in [-0.3, -0.25) is 0 Å². The summed E-state index contributed by atoms with van der Waals surface area (Å²) < 4.78 is 32.1. The zero-order valence-corrected chi connectivity index (χ0v) is 11.0. The van der Waals surface area contributed by atoms with Crippen LogP contribution < -0.4 is 10.0 Å². The average molecular weight is 262 g/mol. The summed E-state index contributed by atoms with van der Waals surface area (Å²) in [6, 6.07) is 0.0531. The molecule has 0 spiro atoms. The quantitative estimate of drug-likeness (QED) is 0.761. The van der Waals surface area contributed by atoms with Crippen LogP contribution in [-0.4, -0.2) is 46.0 Å². The van der Waals surface area contributed by atoms with Crippen molar-refractivity contribution in [1.82, 2.24) is 10.0 Å². The van der Waals surface area contributed by atoms with Gasteiger partial charge >= 0.3 is 0 Å². The summed E-state index contributed by atoms with van der Waals surface area (Å²) in [7, 11) is -3.20. The zero-order chi connectivity index (χ0) is 12.1. The largest absolute Gasteiger partial charge is 0.377 e. The molecule has 0 aromatic carbocycles. The molecule has 0 aromatic heterocycles. The summed E-state index contributed by atoms with van der Waals surface area (Å²) in [5.41, 5.74) is 0. The third-order valence-electron chi connectivity index (χ3n) is 3.32. The summed E-state index contributed by atoms with van der Waals surface area (Å²) >= 11 is 0. The third kappa shape index (κ3) is 4.54. The van der Waals surface area contributed by atoms with E-state index in [0.717, 1.165) is 45.2 Å². The number of hydrogen-bond acceptors (Lipinski definition) is 4. The Morgan fingerprint density at radius 1 is 1.24 bits per heavy atom. The first kappa shape index (κ1) is 13.3. The molecule has 17 heavy (non-hydrogen) atoms. The van der Waals surface area contributed by atoms with Crippen LogP contribution in [0.2, 0.25) is 0 Å². The van der Waals surface area contributed by atoms with Gasteiger partial charge in [-0.25, -0.2) is 13.1 Å². The van der Waals surface area contributed by atoms with Gasteiger partial charge in [-0.15, -0.1) is 0 Å². The Kier molecular flexibility index (Phi) is 4.78. The zero-order valence-electron chi connectivity index (χ0n) is 10.2. The highest BCUT2D eigenvalue weighted by molar-refractivity contribution is 7.89. The molecule has 6 heteroatoms. The maximum atomic E-state index is 11.9. The second-order valence-corrected chi connectivity index (χ2v) is 6.73. The Morgan fingerprint density at radius 2 is 2.12 bits per heavy atom. The van der Waals surface area contributed by atoms with Gasteiger partial charge in [-0.1, -0.05) is 0 Å². The molecule has 5 nitrogen and oxygen atoms in total. The molecule has 0 bridgehead atoms. The minimum Gasteiger partial charge on any atom is -0.377 e. The van der Waals surface area contributed by atoms with Crippen LogP contribution >= 0.6 is 0 Å². The Labute approximate surface area is 103 Å². The first-order chi connectivity index (χ1) is 8.16. The molecule has 2 fully saturated rings. The van der Waals surface area contributed by atoms with Crippen LogP contribution in [0.4, 0.5) is 0 Å². The van der Waals surface area contributed by atoms with Gasteiger partial charge in [-0.05, 0) is 38.6 Å². The van der Waals surface area contributed by atoms with Crippen LogP contribution in [0.25, 0.3) is 0 Å². The van der Waals surface area contributed by atoms with Crippen molar-refractivity contribution < 1.29 is 13.2 Å². The minimum absolute atomic E-state index is 0.0531. The highest BCUT2D eigenvalue weighted by atomic mass is 32.2. The lowest BCUT2D eigenvalue weighted by atomic mass is 10.1. The molecule has 2 aliphatic rings. The Morgan fingerprint density at radius 3 is 2.76 bits per heavy atom. The van der Waals surface area contributed by atoms with E-state index in [2.05, 4.69) is 10.0 Å². The monoisotopic (exact) mass is 262 g/mol. The van der Waals surface area contributed by atoms with Crippen LogP contribution in [-0.2, 0) is 14.8 Å². The summed E-state index contributed by atoms with van der Waals surface area (Å²) in [5.74, 6) is 0.115. The van der Waals surface area contributed by atoms with Crippen LogP contribution in [0.15, 0.2) is 0 Å². The maximum Gasteiger partial charge on any atom is 0.214 e. The van der Waals surface area contributed by atoms with Gasteiger partial charge in [-0.2, -0.15) is 0 Å². The molecule has 0 aromatic rings. The van der Waals surface area contributed by atoms with Gasteiger partial charge in [0.05, 0.1) is 11.9 Å². The van der Waals surface area contributed by atoms with Gasteiger partial charge in [0.1, 0.15) is 0 Å². The van der Waals surface area contributed by atoms with Crippen molar-refractivity contribution in [3.8, 4) is 0 Å². The Balaban J connectivity index is 1.80. The van der Waals surface area contributed by atoms with E-state index < -0.39 is 10.0 Å². The van der Waals surface area contributed by atoms with Crippen molar-refractivity contribution in [3.05, 3.63) is 0 Å². The van der Waals surface area contributed by atoms with Gasteiger partial charge in [0.15, 0.2) is 0 Å². The normalized spacial score (nSPS) is 31.3. The number of hydrogen-bond donors (Lipinski definition) is 2. The molecule has 0 saturated carbocycles. The number of piperidine rings is 1. The predicted octanol–water partition coefficient (Wildman–Crippen LogP) is 0.227. The van der Waals surface area contributed by atoms with E-state index in [1.54, 1.807) is 0 Å². The van der Waals surface area contributed by atoms with Gasteiger partial charge in [0, 0.05) is 19.2 Å². The van der Waals surface area contributed by atoms with E-state index in [4.69, 9.17) is 4.74 Å². The number of rotatable bonds is 4. The number of ether oxygens (including phenoxy) is 1. The average Bonchev–Trinajstić information content (AvgIpc) is 2.30. The van der Waals surface area contributed by atoms with E-state index >= 15 is 0 Å². The summed E-state index contributed by atoms with van der Waals surface area (Å²) in [6.45, 7) is 2.43. The molecule has 100 valence electrons. The van der Waals surface area contributed by atoms with Crippen LogP contribution in [0.1, 0.15) is 32.1 Å². The number of nitrogens with one attached hydrogen (secondary N) is 2. The molecule has 0 radical (unpaired) electrons. The van der Waals surface area contributed by atoms with E-state index in [0.29, 0.717) is 6.61 Å². The second-order valence-electron chi connectivity index (χ2n) is 4.93.